The molecule has 1 aliphatic carbocycles. The van der Waals surface area contributed by atoms with Gasteiger partial charge in [-0.15, -0.1) is 0 Å². The number of carbonyl (C=O) groups excluding carboxylic acids is 1. The van der Waals surface area contributed by atoms with Gasteiger partial charge in [0, 0.05) is 11.7 Å². The highest BCUT2D eigenvalue weighted by atomic mass is 35.5. The number of carbonyl (C=O) groups is 1. The first-order valence-electron chi connectivity index (χ1n) is 10.3. The third-order valence-corrected chi connectivity index (χ3v) is 6.00. The van der Waals surface area contributed by atoms with E-state index in [1.54, 1.807) is 6.07 Å². The molecule has 10 nitrogen and oxygen atoms in total. The third kappa shape index (κ3) is 6.21. The van der Waals surface area contributed by atoms with E-state index in [0.29, 0.717) is 36.5 Å². The predicted molar refractivity (Wildman–Crippen MR) is 125 cm³/mol. The molecule has 1 heterocycles. The van der Waals surface area contributed by atoms with E-state index in [-0.39, 0.29) is 34.4 Å². The van der Waals surface area contributed by atoms with Crippen molar-refractivity contribution in [1.82, 2.24) is 9.97 Å². The van der Waals surface area contributed by atoms with Crippen molar-refractivity contribution in [2.75, 3.05) is 21.6 Å². The summed E-state index contributed by atoms with van der Waals surface area (Å²) in [7, 11) is -3.48. The molecule has 1 aromatic carbocycles. The van der Waals surface area contributed by atoms with Gasteiger partial charge < -0.3 is 21.5 Å². The predicted octanol–water partition coefficient (Wildman–Crippen LogP) is 2.62. The van der Waals surface area contributed by atoms with Gasteiger partial charge in [0.1, 0.15) is 5.82 Å². The third-order valence-electron chi connectivity index (χ3n) is 5.10. The van der Waals surface area contributed by atoms with Crippen molar-refractivity contribution in [2.24, 2.45) is 5.73 Å². The van der Waals surface area contributed by atoms with Crippen LogP contribution >= 0.6 is 11.6 Å². The van der Waals surface area contributed by atoms with Crippen molar-refractivity contribution < 1.29 is 18.3 Å². The van der Waals surface area contributed by atoms with Crippen LogP contribution in [0.15, 0.2) is 18.2 Å². The topological polar surface area (TPSA) is 159 Å². The van der Waals surface area contributed by atoms with E-state index >= 15 is 0 Å². The maximum Gasteiger partial charge on any atom is 0.271 e. The van der Waals surface area contributed by atoms with Crippen LogP contribution in [-0.2, 0) is 16.4 Å². The average Bonchev–Trinajstić information content (AvgIpc) is 2.71. The SMILES string of the molecule is CCc1nc(C(N)=O)c(Nc2ccc(NS(C)(=O)=O)c(Cl)c2)nc1N[C@H]1CC[C@H](O)CC1. The quantitative estimate of drug-likeness (QED) is 0.383. The number of nitrogens with zero attached hydrogens (tertiary/aromatic N) is 2. The highest BCUT2D eigenvalue weighted by Gasteiger charge is 2.23. The van der Waals surface area contributed by atoms with E-state index in [4.69, 9.17) is 17.3 Å². The minimum Gasteiger partial charge on any atom is -0.393 e. The lowest BCUT2D eigenvalue weighted by Crippen LogP contribution is -2.29. The molecule has 1 aromatic heterocycles. The van der Waals surface area contributed by atoms with Crippen LogP contribution in [-0.4, -0.2) is 47.8 Å². The number of rotatable bonds is 8. The molecule has 3 rings (SSSR count). The molecule has 1 aliphatic rings. The molecule has 1 amide bonds. The fraction of sp³-hybridized carbons (Fsp3) is 0.450. The van der Waals surface area contributed by atoms with Crippen LogP contribution in [0.2, 0.25) is 5.02 Å². The molecule has 0 saturated heterocycles. The first kappa shape index (κ1) is 24.0. The van der Waals surface area contributed by atoms with Crippen LogP contribution in [0, 0.1) is 0 Å². The number of halogens is 1. The normalized spacial score (nSPS) is 18.8. The van der Waals surface area contributed by atoms with Gasteiger partial charge in [-0.1, -0.05) is 18.5 Å². The number of aliphatic hydroxyl groups is 1. The first-order chi connectivity index (χ1) is 15.1. The summed E-state index contributed by atoms with van der Waals surface area (Å²) < 4.78 is 25.2. The highest BCUT2D eigenvalue weighted by Crippen LogP contribution is 2.30. The Balaban J connectivity index is 1.90. The Labute approximate surface area is 192 Å². The summed E-state index contributed by atoms with van der Waals surface area (Å²) in [6, 6.07) is 4.73. The molecule has 1 fully saturated rings. The van der Waals surface area contributed by atoms with Gasteiger partial charge in [0.15, 0.2) is 11.5 Å². The van der Waals surface area contributed by atoms with Crippen molar-refractivity contribution in [3.8, 4) is 0 Å². The van der Waals surface area contributed by atoms with Crippen LogP contribution in [0.4, 0.5) is 23.0 Å². The Bertz CT molecular complexity index is 1100. The molecule has 0 aliphatic heterocycles. The monoisotopic (exact) mass is 482 g/mol. The number of amides is 1. The van der Waals surface area contributed by atoms with Crippen LogP contribution < -0.4 is 21.1 Å². The van der Waals surface area contributed by atoms with Gasteiger partial charge in [0.25, 0.3) is 5.91 Å². The first-order valence-corrected chi connectivity index (χ1v) is 12.5. The molecular formula is C20H27ClN6O4S. The fourth-order valence-electron chi connectivity index (χ4n) is 3.52. The van der Waals surface area contributed by atoms with E-state index in [2.05, 4.69) is 25.3 Å². The summed E-state index contributed by atoms with van der Waals surface area (Å²) in [5, 5.41) is 16.3. The maximum atomic E-state index is 12.0. The van der Waals surface area contributed by atoms with Crippen LogP contribution in [0.3, 0.4) is 0 Å². The summed E-state index contributed by atoms with van der Waals surface area (Å²) in [6.07, 6.45) is 4.33. The Morgan fingerprint density at radius 1 is 1.22 bits per heavy atom. The number of aryl methyl sites for hydroxylation is 1. The smallest absolute Gasteiger partial charge is 0.271 e. The van der Waals surface area contributed by atoms with Gasteiger partial charge in [0.05, 0.1) is 28.8 Å². The number of primary amides is 1. The Morgan fingerprint density at radius 2 is 1.91 bits per heavy atom. The van der Waals surface area contributed by atoms with Gasteiger partial charge in [-0.05, 0) is 50.3 Å². The molecule has 0 spiro atoms. The lowest BCUT2D eigenvalue weighted by atomic mass is 9.93. The summed E-state index contributed by atoms with van der Waals surface area (Å²) in [4.78, 5) is 21.0. The zero-order chi connectivity index (χ0) is 23.5. The second-order valence-corrected chi connectivity index (χ2v) is 9.93. The largest absolute Gasteiger partial charge is 0.393 e. The molecule has 6 N–H and O–H groups in total. The Kier molecular flexibility index (Phi) is 7.42. The summed E-state index contributed by atoms with van der Waals surface area (Å²) in [6.45, 7) is 1.91. The van der Waals surface area contributed by atoms with Crippen molar-refractivity contribution in [3.05, 3.63) is 34.6 Å². The van der Waals surface area contributed by atoms with Gasteiger partial charge in [-0.25, -0.2) is 18.4 Å². The minimum absolute atomic E-state index is 0.0130. The average molecular weight is 483 g/mol. The fourth-order valence-corrected chi connectivity index (χ4v) is 4.38. The Morgan fingerprint density at radius 3 is 2.47 bits per heavy atom. The number of aliphatic hydroxyl groups excluding tert-OH is 1. The van der Waals surface area contributed by atoms with Crippen molar-refractivity contribution in [2.45, 2.75) is 51.2 Å². The van der Waals surface area contributed by atoms with Crippen molar-refractivity contribution in [1.29, 1.82) is 0 Å². The van der Waals surface area contributed by atoms with E-state index in [1.807, 2.05) is 6.92 Å². The number of anilines is 4. The number of aromatic nitrogens is 2. The summed E-state index contributed by atoms with van der Waals surface area (Å²) in [5.41, 5.74) is 6.83. The Hall–Kier alpha value is -2.63. The zero-order valence-corrected chi connectivity index (χ0v) is 19.4. The van der Waals surface area contributed by atoms with Gasteiger partial charge in [0.2, 0.25) is 10.0 Å². The van der Waals surface area contributed by atoms with Crippen molar-refractivity contribution in [3.63, 3.8) is 0 Å². The molecule has 1 saturated carbocycles. The summed E-state index contributed by atoms with van der Waals surface area (Å²) >= 11 is 6.20. The number of nitrogens with two attached hydrogens (primary N) is 1. The van der Waals surface area contributed by atoms with Gasteiger partial charge >= 0.3 is 0 Å². The van der Waals surface area contributed by atoms with E-state index in [1.165, 1.54) is 12.1 Å². The molecule has 0 atom stereocenters. The molecular weight excluding hydrogens is 456 g/mol. The second-order valence-electron chi connectivity index (χ2n) is 7.78. The number of sulfonamides is 1. The number of nitrogens with one attached hydrogen (secondary N) is 3. The summed E-state index contributed by atoms with van der Waals surface area (Å²) in [5.74, 6) is -0.0284. The second kappa shape index (κ2) is 9.88. The minimum atomic E-state index is -3.48. The van der Waals surface area contributed by atoms with Gasteiger partial charge in [-0.3, -0.25) is 9.52 Å². The molecule has 0 radical (unpaired) electrons. The highest BCUT2D eigenvalue weighted by molar-refractivity contribution is 7.92. The van der Waals surface area contributed by atoms with Crippen molar-refractivity contribution >= 4 is 50.5 Å². The molecule has 0 unspecified atom stereocenters. The molecule has 12 heteroatoms. The van der Waals surface area contributed by atoms with E-state index in [9.17, 15) is 18.3 Å². The van der Waals surface area contributed by atoms with Crippen LogP contribution in [0.5, 0.6) is 0 Å². The maximum absolute atomic E-state index is 12.0. The lowest BCUT2D eigenvalue weighted by Gasteiger charge is -2.27. The zero-order valence-electron chi connectivity index (χ0n) is 17.9. The number of hydrogen-bond donors (Lipinski definition) is 5. The molecule has 32 heavy (non-hydrogen) atoms. The number of benzene rings is 1. The van der Waals surface area contributed by atoms with E-state index in [0.717, 1.165) is 19.1 Å². The standard InChI is InChI=1S/C20H27ClN6O4S/c1-3-15-19(23-11-4-7-13(28)8-5-11)26-20(17(25-15)18(22)29)24-12-6-9-16(14(21)10-12)27-32(2,30)31/h6,9-11,13,27-28H,3-5,7-8H2,1-2H3,(H2,22,29)(H2,23,24,26)/t11-,13-. The molecule has 0 bridgehead atoms. The van der Waals surface area contributed by atoms with Crippen LogP contribution in [0.1, 0.15) is 48.8 Å². The van der Waals surface area contributed by atoms with E-state index < -0.39 is 15.9 Å². The number of hydrogen-bond acceptors (Lipinski definition) is 8. The lowest BCUT2D eigenvalue weighted by molar-refractivity contribution is 0.0996. The molecule has 2 aromatic rings. The molecule has 174 valence electrons. The van der Waals surface area contributed by atoms with Gasteiger partial charge in [-0.2, -0.15) is 0 Å². The van der Waals surface area contributed by atoms with Crippen LogP contribution in [0.25, 0.3) is 0 Å².